The molecule has 134 valence electrons. The van der Waals surface area contributed by atoms with Crippen molar-refractivity contribution < 1.29 is 8.78 Å². The van der Waals surface area contributed by atoms with E-state index in [1.807, 2.05) is 18.2 Å². The van der Waals surface area contributed by atoms with Crippen LogP contribution in [0.5, 0.6) is 0 Å². The molecule has 27 heavy (non-hydrogen) atoms. The molecule has 0 heterocycles. The highest BCUT2D eigenvalue weighted by atomic mass is 19.1. The Morgan fingerprint density at radius 3 is 2.30 bits per heavy atom. The van der Waals surface area contributed by atoms with Gasteiger partial charge in [-0.3, -0.25) is 4.99 Å². The summed E-state index contributed by atoms with van der Waals surface area (Å²) in [7, 11) is 0. The van der Waals surface area contributed by atoms with Crippen LogP contribution in [0.4, 0.5) is 20.2 Å². The molecule has 0 unspecified atom stereocenters. The van der Waals surface area contributed by atoms with Crippen molar-refractivity contribution in [2.45, 2.75) is 12.8 Å². The van der Waals surface area contributed by atoms with E-state index in [-0.39, 0.29) is 17.3 Å². The number of halogens is 2. The van der Waals surface area contributed by atoms with Crippen LogP contribution in [0.3, 0.4) is 0 Å². The maximum atomic E-state index is 14.2. The highest BCUT2D eigenvalue weighted by Crippen LogP contribution is 2.32. The zero-order chi connectivity index (χ0) is 18.6. The molecule has 4 rings (SSSR count). The summed E-state index contributed by atoms with van der Waals surface area (Å²) in [4.78, 5) is 4.33. The van der Waals surface area contributed by atoms with Gasteiger partial charge in [-0.25, -0.2) is 8.78 Å². The number of aliphatic imine (C=N–C) groups is 1. The van der Waals surface area contributed by atoms with E-state index in [4.69, 9.17) is 0 Å². The number of anilines is 1. The van der Waals surface area contributed by atoms with E-state index >= 15 is 0 Å². The number of aryl methyl sites for hydroxylation is 1. The molecule has 2 nitrogen and oxygen atoms in total. The second-order valence-electron chi connectivity index (χ2n) is 6.37. The molecule has 1 N–H and O–H groups in total. The van der Waals surface area contributed by atoms with Gasteiger partial charge in [0, 0.05) is 11.8 Å². The van der Waals surface area contributed by atoms with Crippen LogP contribution in [-0.4, -0.2) is 6.21 Å². The quantitative estimate of drug-likeness (QED) is 0.556. The Balaban J connectivity index is 1.78. The SMILES string of the molecule is Fc1ccccc1N=CC1=C(Nc2ccccc2F)c2ccccc2CC1. The second-order valence-corrected chi connectivity index (χ2v) is 6.37. The van der Waals surface area contributed by atoms with Crippen LogP contribution in [-0.2, 0) is 6.42 Å². The number of benzene rings is 3. The zero-order valence-corrected chi connectivity index (χ0v) is 14.6. The molecule has 4 heteroatoms. The fourth-order valence-corrected chi connectivity index (χ4v) is 3.23. The van der Waals surface area contributed by atoms with E-state index in [0.717, 1.165) is 29.7 Å². The van der Waals surface area contributed by atoms with Crippen LogP contribution in [0.2, 0.25) is 0 Å². The van der Waals surface area contributed by atoms with Crippen LogP contribution >= 0.6 is 0 Å². The molecule has 0 spiro atoms. The van der Waals surface area contributed by atoms with Crippen molar-refractivity contribution in [1.82, 2.24) is 0 Å². The highest BCUT2D eigenvalue weighted by Gasteiger charge is 2.19. The fraction of sp³-hybridized carbons (Fsp3) is 0.0870. The van der Waals surface area contributed by atoms with Gasteiger partial charge in [0.05, 0.1) is 17.1 Å². The van der Waals surface area contributed by atoms with Gasteiger partial charge in [0.1, 0.15) is 11.6 Å². The first-order chi connectivity index (χ1) is 13.2. The van der Waals surface area contributed by atoms with Crippen LogP contribution in [0.1, 0.15) is 17.5 Å². The lowest BCUT2D eigenvalue weighted by atomic mass is 9.89. The molecule has 0 amide bonds. The Labute approximate surface area is 156 Å². The lowest BCUT2D eigenvalue weighted by Gasteiger charge is -2.23. The van der Waals surface area contributed by atoms with Gasteiger partial charge in [-0.15, -0.1) is 0 Å². The standard InChI is InChI=1S/C23H18F2N2/c24-19-9-3-5-11-21(19)26-15-17-14-13-16-7-1-2-8-18(16)23(17)27-22-12-6-4-10-20(22)25/h1-12,15,27H,13-14H2. The fourth-order valence-electron chi connectivity index (χ4n) is 3.23. The Hall–Kier alpha value is -3.27. The van der Waals surface area contributed by atoms with E-state index in [1.54, 1.807) is 42.6 Å². The van der Waals surface area contributed by atoms with Gasteiger partial charge in [-0.1, -0.05) is 48.5 Å². The van der Waals surface area contributed by atoms with Gasteiger partial charge in [-0.05, 0) is 48.2 Å². The molecular formula is C23H18F2N2. The summed E-state index contributed by atoms with van der Waals surface area (Å²) < 4.78 is 28.1. The molecule has 0 bridgehead atoms. The summed E-state index contributed by atoms with van der Waals surface area (Å²) in [5, 5.41) is 3.23. The lowest BCUT2D eigenvalue weighted by molar-refractivity contribution is 0.630. The third-order valence-corrected chi connectivity index (χ3v) is 4.62. The minimum absolute atomic E-state index is 0.286. The van der Waals surface area contributed by atoms with Crippen LogP contribution in [0, 0.1) is 11.6 Å². The van der Waals surface area contributed by atoms with Crippen molar-refractivity contribution in [3.63, 3.8) is 0 Å². The van der Waals surface area contributed by atoms with E-state index in [2.05, 4.69) is 16.4 Å². The molecule has 0 radical (unpaired) electrons. The molecule has 1 aliphatic rings. The molecule has 1 aliphatic carbocycles. The first-order valence-electron chi connectivity index (χ1n) is 8.84. The van der Waals surface area contributed by atoms with Crippen molar-refractivity contribution in [2.75, 3.05) is 5.32 Å². The van der Waals surface area contributed by atoms with Crippen LogP contribution in [0.25, 0.3) is 5.70 Å². The number of hydrogen-bond donors (Lipinski definition) is 1. The van der Waals surface area contributed by atoms with E-state index in [9.17, 15) is 8.78 Å². The molecular weight excluding hydrogens is 342 g/mol. The lowest BCUT2D eigenvalue weighted by Crippen LogP contribution is -2.12. The average molecular weight is 360 g/mol. The second kappa shape index (κ2) is 7.54. The smallest absolute Gasteiger partial charge is 0.148 e. The topological polar surface area (TPSA) is 24.4 Å². The molecule has 0 atom stereocenters. The Morgan fingerprint density at radius 1 is 0.778 bits per heavy atom. The van der Waals surface area contributed by atoms with Gasteiger partial charge in [0.2, 0.25) is 0 Å². The van der Waals surface area contributed by atoms with Gasteiger partial charge in [0.25, 0.3) is 0 Å². The molecule has 0 aromatic heterocycles. The van der Waals surface area contributed by atoms with Crippen molar-refractivity contribution in [2.24, 2.45) is 4.99 Å². The zero-order valence-electron chi connectivity index (χ0n) is 14.6. The van der Waals surface area contributed by atoms with Crippen molar-refractivity contribution in [3.05, 3.63) is 101 Å². The molecule has 0 fully saturated rings. The summed E-state index contributed by atoms with van der Waals surface area (Å²) in [6.07, 6.45) is 3.28. The van der Waals surface area contributed by atoms with Gasteiger partial charge < -0.3 is 5.32 Å². The number of para-hydroxylation sites is 2. The van der Waals surface area contributed by atoms with Crippen LogP contribution < -0.4 is 5.32 Å². The monoisotopic (exact) mass is 360 g/mol. The molecule has 3 aromatic rings. The highest BCUT2D eigenvalue weighted by molar-refractivity contribution is 5.97. The first kappa shape index (κ1) is 17.2. The summed E-state index contributed by atoms with van der Waals surface area (Å²) in [6, 6.07) is 21.0. The van der Waals surface area contributed by atoms with Gasteiger partial charge >= 0.3 is 0 Å². The molecule has 3 aromatic carbocycles. The Morgan fingerprint density at radius 2 is 1.48 bits per heavy atom. The number of hydrogen-bond acceptors (Lipinski definition) is 2. The summed E-state index contributed by atoms with van der Waals surface area (Å²) in [5.74, 6) is -0.687. The van der Waals surface area contributed by atoms with Crippen molar-refractivity contribution in [1.29, 1.82) is 0 Å². The van der Waals surface area contributed by atoms with E-state index in [1.165, 1.54) is 17.7 Å². The minimum Gasteiger partial charge on any atom is -0.352 e. The minimum atomic E-state index is -0.367. The molecule has 0 saturated carbocycles. The number of rotatable bonds is 4. The predicted octanol–water partition coefficient (Wildman–Crippen LogP) is 6.14. The third kappa shape index (κ3) is 3.65. The van der Waals surface area contributed by atoms with Crippen molar-refractivity contribution >= 4 is 23.3 Å². The number of allylic oxidation sites excluding steroid dienone is 1. The maximum absolute atomic E-state index is 14.2. The normalized spacial score (nSPS) is 13.7. The van der Waals surface area contributed by atoms with Gasteiger partial charge in [-0.2, -0.15) is 0 Å². The van der Waals surface area contributed by atoms with E-state index < -0.39 is 0 Å². The van der Waals surface area contributed by atoms with Crippen LogP contribution in [0.15, 0.2) is 83.4 Å². The Bertz CT molecular complexity index is 1040. The maximum Gasteiger partial charge on any atom is 0.148 e. The number of fused-ring (bicyclic) bond motifs is 1. The predicted molar refractivity (Wildman–Crippen MR) is 106 cm³/mol. The third-order valence-electron chi connectivity index (χ3n) is 4.62. The van der Waals surface area contributed by atoms with E-state index in [0.29, 0.717) is 5.69 Å². The first-order valence-corrected chi connectivity index (χ1v) is 8.84. The van der Waals surface area contributed by atoms with Crippen molar-refractivity contribution in [3.8, 4) is 0 Å². The average Bonchev–Trinajstić information content (AvgIpc) is 2.70. The number of nitrogens with one attached hydrogen (secondary N) is 1. The largest absolute Gasteiger partial charge is 0.352 e. The molecule has 0 saturated heterocycles. The summed E-state index contributed by atoms with van der Waals surface area (Å²) in [6.45, 7) is 0. The Kier molecular flexibility index (Phi) is 4.79. The number of nitrogens with zero attached hydrogens (tertiary/aromatic N) is 1. The van der Waals surface area contributed by atoms with Gasteiger partial charge in [0.15, 0.2) is 0 Å². The summed E-state index contributed by atoms with van der Waals surface area (Å²) >= 11 is 0. The molecule has 0 aliphatic heterocycles. The summed E-state index contributed by atoms with van der Waals surface area (Å²) in [5.41, 5.74) is 4.62.